The van der Waals surface area contributed by atoms with E-state index in [2.05, 4.69) is 55.9 Å². The van der Waals surface area contributed by atoms with E-state index < -0.39 is 0 Å². The van der Waals surface area contributed by atoms with Crippen molar-refractivity contribution in [3.63, 3.8) is 0 Å². The van der Waals surface area contributed by atoms with E-state index in [-0.39, 0.29) is 18.2 Å². The second-order valence-electron chi connectivity index (χ2n) is 7.86. The first kappa shape index (κ1) is 19.2. The number of ether oxygens (including phenoxy) is 1. The Hall–Kier alpha value is -2.77. The molecule has 6 nitrogen and oxygen atoms in total. The number of nitrogens with zero attached hydrogens (tertiary/aromatic N) is 4. The molecule has 30 heavy (non-hydrogen) atoms. The summed E-state index contributed by atoms with van der Waals surface area (Å²) in [4.78, 5) is 11.3. The molecule has 0 unspecified atom stereocenters. The van der Waals surface area contributed by atoms with Gasteiger partial charge in [0, 0.05) is 36.9 Å². The Morgan fingerprint density at radius 1 is 1.17 bits per heavy atom. The summed E-state index contributed by atoms with van der Waals surface area (Å²) in [7, 11) is 0. The zero-order valence-electron chi connectivity index (χ0n) is 16.9. The molecule has 0 saturated carbocycles. The van der Waals surface area contributed by atoms with Gasteiger partial charge in [0.25, 0.3) is 0 Å². The van der Waals surface area contributed by atoms with Gasteiger partial charge < -0.3 is 19.5 Å². The van der Waals surface area contributed by atoms with Gasteiger partial charge in [-0.1, -0.05) is 6.07 Å². The fraction of sp³-hybridized carbons (Fsp3) is 0.348. The van der Waals surface area contributed by atoms with Gasteiger partial charge in [-0.25, -0.2) is 0 Å². The first-order chi connectivity index (χ1) is 14.7. The summed E-state index contributed by atoms with van der Waals surface area (Å²) in [6, 6.07) is 14.4. The van der Waals surface area contributed by atoms with Gasteiger partial charge in [0.15, 0.2) is 5.11 Å². The molecule has 3 aromatic rings. The van der Waals surface area contributed by atoms with Crippen molar-refractivity contribution >= 4 is 17.3 Å². The van der Waals surface area contributed by atoms with Crippen molar-refractivity contribution in [3.05, 3.63) is 78.1 Å². The van der Waals surface area contributed by atoms with Gasteiger partial charge >= 0.3 is 0 Å². The van der Waals surface area contributed by atoms with Crippen LogP contribution < -0.4 is 5.32 Å². The van der Waals surface area contributed by atoms with Gasteiger partial charge in [-0.05, 0) is 68.4 Å². The normalized spacial score (nSPS) is 23.7. The minimum Gasteiger partial charge on any atom is -0.376 e. The molecule has 2 aliphatic heterocycles. The number of rotatable bonds is 5. The molecule has 154 valence electrons. The second-order valence-corrected chi connectivity index (χ2v) is 8.25. The molecule has 0 radical (unpaired) electrons. The largest absolute Gasteiger partial charge is 0.376 e. The molecular weight excluding hydrogens is 394 g/mol. The highest BCUT2D eigenvalue weighted by Crippen LogP contribution is 2.40. The van der Waals surface area contributed by atoms with Crippen LogP contribution in [0.2, 0.25) is 0 Å². The first-order valence-corrected chi connectivity index (χ1v) is 10.8. The summed E-state index contributed by atoms with van der Waals surface area (Å²) in [6.45, 7) is 3.73. The number of pyridine rings is 2. The molecule has 0 aromatic carbocycles. The van der Waals surface area contributed by atoms with Crippen LogP contribution in [0.4, 0.5) is 0 Å². The predicted molar refractivity (Wildman–Crippen MR) is 119 cm³/mol. The van der Waals surface area contributed by atoms with Crippen LogP contribution in [0.25, 0.3) is 5.69 Å². The van der Waals surface area contributed by atoms with Crippen molar-refractivity contribution in [1.29, 1.82) is 0 Å². The molecule has 3 atom stereocenters. The molecule has 0 spiro atoms. The van der Waals surface area contributed by atoms with Crippen molar-refractivity contribution < 1.29 is 4.74 Å². The molecule has 1 N–H and O–H groups in total. The quantitative estimate of drug-likeness (QED) is 0.636. The Bertz CT molecular complexity index is 1020. The maximum atomic E-state index is 5.95. The molecule has 5 rings (SSSR count). The van der Waals surface area contributed by atoms with Crippen molar-refractivity contribution in [3.8, 4) is 5.69 Å². The minimum atomic E-state index is -0.0372. The highest BCUT2D eigenvalue weighted by atomic mass is 32.1. The summed E-state index contributed by atoms with van der Waals surface area (Å²) < 4.78 is 8.22. The van der Waals surface area contributed by atoms with Crippen LogP contribution in [0, 0.1) is 6.92 Å². The number of hydrogen-bond donors (Lipinski definition) is 1. The average Bonchev–Trinajstić information content (AvgIpc) is 3.50. The highest BCUT2D eigenvalue weighted by Gasteiger charge is 2.42. The van der Waals surface area contributed by atoms with Gasteiger partial charge in [0.05, 0.1) is 35.8 Å². The van der Waals surface area contributed by atoms with E-state index in [1.807, 2.05) is 30.6 Å². The van der Waals surface area contributed by atoms with E-state index >= 15 is 0 Å². The minimum absolute atomic E-state index is 0.00510. The number of hydrogen-bond acceptors (Lipinski definition) is 4. The predicted octanol–water partition coefficient (Wildman–Crippen LogP) is 3.73. The molecule has 3 aromatic heterocycles. The molecule has 0 amide bonds. The van der Waals surface area contributed by atoms with Crippen molar-refractivity contribution in [1.82, 2.24) is 24.8 Å². The zero-order chi connectivity index (χ0) is 20.5. The van der Waals surface area contributed by atoms with Crippen LogP contribution >= 0.6 is 12.2 Å². The summed E-state index contributed by atoms with van der Waals surface area (Å²) in [5.74, 6) is 0. The van der Waals surface area contributed by atoms with E-state index in [4.69, 9.17) is 17.0 Å². The number of thiocarbonyl (C=S) groups is 1. The molecule has 0 bridgehead atoms. The second kappa shape index (κ2) is 8.16. The lowest BCUT2D eigenvalue weighted by atomic mass is 10.0. The lowest BCUT2D eigenvalue weighted by Crippen LogP contribution is -2.36. The molecule has 2 fully saturated rings. The Labute approximate surface area is 181 Å². The summed E-state index contributed by atoms with van der Waals surface area (Å²) >= 11 is 5.81. The first-order valence-electron chi connectivity index (χ1n) is 10.4. The van der Waals surface area contributed by atoms with Crippen LogP contribution in [0.3, 0.4) is 0 Å². The van der Waals surface area contributed by atoms with Gasteiger partial charge in [-0.15, -0.1) is 0 Å². The number of aromatic nitrogens is 3. The van der Waals surface area contributed by atoms with Crippen LogP contribution in [0.1, 0.15) is 42.0 Å². The molecular formula is C23H25N5OS. The maximum absolute atomic E-state index is 5.95. The maximum Gasteiger partial charge on any atom is 0.170 e. The lowest BCUT2D eigenvalue weighted by molar-refractivity contribution is 0.0836. The average molecular weight is 420 g/mol. The molecule has 2 saturated heterocycles. The van der Waals surface area contributed by atoms with Gasteiger partial charge in [-0.2, -0.15) is 0 Å². The van der Waals surface area contributed by atoms with E-state index in [1.54, 1.807) is 6.20 Å². The molecule has 5 heterocycles. The third-order valence-corrected chi connectivity index (χ3v) is 6.29. The van der Waals surface area contributed by atoms with Crippen LogP contribution in [-0.4, -0.2) is 43.8 Å². The zero-order valence-corrected chi connectivity index (χ0v) is 17.8. The fourth-order valence-corrected chi connectivity index (χ4v) is 4.87. The third-order valence-electron chi connectivity index (χ3n) is 5.94. The Morgan fingerprint density at radius 2 is 2.10 bits per heavy atom. The van der Waals surface area contributed by atoms with E-state index in [0.29, 0.717) is 0 Å². The topological polar surface area (TPSA) is 55.2 Å². The van der Waals surface area contributed by atoms with Gasteiger partial charge in [0.2, 0.25) is 0 Å². The fourth-order valence-electron chi connectivity index (χ4n) is 4.56. The van der Waals surface area contributed by atoms with Gasteiger partial charge in [-0.3, -0.25) is 9.97 Å². The van der Waals surface area contributed by atoms with Crippen molar-refractivity contribution in [2.45, 2.75) is 38.0 Å². The molecule has 2 aliphatic rings. The lowest BCUT2D eigenvalue weighted by Gasteiger charge is -2.30. The monoisotopic (exact) mass is 419 g/mol. The SMILES string of the molecule is Cc1ccc([C@H]2[C@@H](c3ccccn3)NC(=S)N2C[C@@H]2CCCO2)n1-c1cccnc1. The van der Waals surface area contributed by atoms with Crippen LogP contribution in [0.5, 0.6) is 0 Å². The summed E-state index contributed by atoms with van der Waals surface area (Å²) in [5, 5.41) is 4.29. The summed E-state index contributed by atoms with van der Waals surface area (Å²) in [6.07, 6.45) is 7.93. The summed E-state index contributed by atoms with van der Waals surface area (Å²) in [5.41, 5.74) is 4.36. The van der Waals surface area contributed by atoms with E-state index in [1.165, 1.54) is 5.69 Å². The Balaban J connectivity index is 1.60. The van der Waals surface area contributed by atoms with Crippen molar-refractivity contribution in [2.75, 3.05) is 13.2 Å². The highest BCUT2D eigenvalue weighted by molar-refractivity contribution is 7.80. The standard InChI is InChI=1S/C23H25N5OS/c1-16-9-10-20(28(16)17-6-4-11-24-14-17)22-21(19-8-2-3-12-25-19)26-23(30)27(22)15-18-7-5-13-29-18/h2-4,6,8-12,14,18,21-22H,5,7,13,15H2,1H3,(H,26,30)/t18-,21+,22-/m0/s1. The number of nitrogens with one attached hydrogen (secondary N) is 1. The molecule has 7 heteroatoms. The van der Waals surface area contributed by atoms with Crippen LogP contribution in [0.15, 0.2) is 61.1 Å². The van der Waals surface area contributed by atoms with Gasteiger partial charge in [0.1, 0.15) is 0 Å². The van der Waals surface area contributed by atoms with Crippen molar-refractivity contribution in [2.24, 2.45) is 0 Å². The number of aryl methyl sites for hydroxylation is 1. The Morgan fingerprint density at radius 3 is 2.83 bits per heavy atom. The molecule has 0 aliphatic carbocycles. The van der Waals surface area contributed by atoms with E-state index in [0.717, 1.165) is 48.2 Å². The smallest absolute Gasteiger partial charge is 0.170 e. The van der Waals surface area contributed by atoms with E-state index in [9.17, 15) is 0 Å². The van der Waals surface area contributed by atoms with Crippen LogP contribution in [-0.2, 0) is 4.74 Å². The third kappa shape index (κ3) is 3.48. The Kier molecular flexibility index (Phi) is 5.23.